The zero-order valence-corrected chi connectivity index (χ0v) is 7.96. The van der Waals surface area contributed by atoms with Crippen molar-refractivity contribution in [3.63, 3.8) is 0 Å². The first-order chi connectivity index (χ1) is 5.31. The van der Waals surface area contributed by atoms with E-state index in [2.05, 4.69) is 10.6 Å². The molecule has 0 unspecified atom stereocenters. The molecule has 11 heavy (non-hydrogen) atoms. The van der Waals surface area contributed by atoms with Gasteiger partial charge >= 0.3 is 0 Å². The van der Waals surface area contributed by atoms with Crippen LogP contribution in [0.4, 0.5) is 0 Å². The smallest absolute Gasteiger partial charge is 0.166 e. The van der Waals surface area contributed by atoms with E-state index in [1.54, 1.807) is 7.11 Å². The maximum absolute atomic E-state index is 4.94. The van der Waals surface area contributed by atoms with Crippen molar-refractivity contribution in [2.75, 3.05) is 26.8 Å². The molecule has 0 aliphatic heterocycles. The quantitative estimate of drug-likeness (QED) is 0.472. The number of hydrogen-bond donors (Lipinski definition) is 2. The van der Waals surface area contributed by atoms with Gasteiger partial charge in [0.05, 0.1) is 0 Å². The van der Waals surface area contributed by atoms with Crippen molar-refractivity contribution >= 4 is 17.3 Å². The Bertz CT molecular complexity index is 109. The molecule has 0 fully saturated rings. The molecule has 2 N–H and O–H groups in total. The van der Waals surface area contributed by atoms with Gasteiger partial charge in [0.1, 0.15) is 0 Å². The molecule has 4 heteroatoms. The van der Waals surface area contributed by atoms with Gasteiger partial charge in [-0.2, -0.15) is 0 Å². The van der Waals surface area contributed by atoms with Crippen LogP contribution in [0.15, 0.2) is 0 Å². The molecule has 0 rings (SSSR count). The standard InChI is InChI=1S/C7H16N2OS/c1-3-8-7(11)9-5-4-6-10-2/h3-6H2,1-2H3,(H2,8,9,11). The Hall–Kier alpha value is -0.350. The largest absolute Gasteiger partial charge is 0.385 e. The fourth-order valence-corrected chi connectivity index (χ4v) is 0.888. The molecule has 0 aromatic carbocycles. The highest BCUT2D eigenvalue weighted by atomic mass is 32.1. The Morgan fingerprint density at radius 1 is 1.45 bits per heavy atom. The predicted molar refractivity (Wildman–Crippen MR) is 50.8 cm³/mol. The summed E-state index contributed by atoms with van der Waals surface area (Å²) < 4.78 is 4.88. The minimum atomic E-state index is 0.726. The predicted octanol–water partition coefficient (Wildman–Crippen LogP) is 0.507. The van der Waals surface area contributed by atoms with E-state index in [1.807, 2.05) is 6.92 Å². The van der Waals surface area contributed by atoms with Crippen molar-refractivity contribution in [2.45, 2.75) is 13.3 Å². The summed E-state index contributed by atoms with van der Waals surface area (Å²) in [4.78, 5) is 0. The SMILES string of the molecule is CCNC(=S)NCCCOC. The molecule has 0 heterocycles. The summed E-state index contributed by atoms with van der Waals surface area (Å²) in [5, 5.41) is 6.79. The van der Waals surface area contributed by atoms with Crippen LogP contribution in [0.3, 0.4) is 0 Å². The lowest BCUT2D eigenvalue weighted by molar-refractivity contribution is 0.195. The molecule has 0 aliphatic carbocycles. The lowest BCUT2D eigenvalue weighted by Crippen LogP contribution is -2.35. The third-order valence-corrected chi connectivity index (χ3v) is 1.44. The summed E-state index contributed by atoms with van der Waals surface area (Å²) in [5.41, 5.74) is 0. The highest BCUT2D eigenvalue weighted by molar-refractivity contribution is 7.80. The minimum absolute atomic E-state index is 0.726. The Labute approximate surface area is 73.5 Å². The van der Waals surface area contributed by atoms with Gasteiger partial charge in [-0.1, -0.05) is 0 Å². The molecule has 0 bridgehead atoms. The van der Waals surface area contributed by atoms with Gasteiger partial charge in [0, 0.05) is 26.8 Å². The fourth-order valence-electron chi connectivity index (χ4n) is 0.641. The van der Waals surface area contributed by atoms with E-state index >= 15 is 0 Å². The number of hydrogen-bond acceptors (Lipinski definition) is 2. The highest BCUT2D eigenvalue weighted by Gasteiger charge is 1.90. The van der Waals surface area contributed by atoms with Gasteiger partial charge in [0.15, 0.2) is 5.11 Å². The zero-order valence-electron chi connectivity index (χ0n) is 7.14. The van der Waals surface area contributed by atoms with Gasteiger partial charge in [0.2, 0.25) is 0 Å². The van der Waals surface area contributed by atoms with E-state index in [1.165, 1.54) is 0 Å². The lowest BCUT2D eigenvalue weighted by Gasteiger charge is -2.07. The number of methoxy groups -OCH3 is 1. The summed E-state index contributed by atoms with van der Waals surface area (Å²) >= 11 is 4.94. The molecule has 0 aromatic heterocycles. The molecule has 0 atom stereocenters. The molecule has 0 aliphatic rings. The summed E-state index contributed by atoms with van der Waals surface area (Å²) in [6, 6.07) is 0. The maximum atomic E-state index is 4.94. The normalized spacial score (nSPS) is 9.27. The molecular weight excluding hydrogens is 160 g/mol. The average Bonchev–Trinajstić information content (AvgIpc) is 1.99. The van der Waals surface area contributed by atoms with E-state index in [0.717, 1.165) is 31.2 Å². The Morgan fingerprint density at radius 3 is 2.73 bits per heavy atom. The Balaban J connectivity index is 3.04. The molecule has 0 radical (unpaired) electrons. The number of nitrogens with one attached hydrogen (secondary N) is 2. The van der Waals surface area contributed by atoms with Crippen LogP contribution < -0.4 is 10.6 Å². The Kier molecular flexibility index (Phi) is 7.51. The summed E-state index contributed by atoms with van der Waals surface area (Å²) in [7, 11) is 1.70. The summed E-state index contributed by atoms with van der Waals surface area (Å²) in [6.45, 7) is 4.54. The van der Waals surface area contributed by atoms with Crippen LogP contribution in [0.25, 0.3) is 0 Å². The first-order valence-electron chi connectivity index (χ1n) is 3.82. The van der Waals surface area contributed by atoms with E-state index in [9.17, 15) is 0 Å². The molecule has 0 saturated heterocycles. The fraction of sp³-hybridized carbons (Fsp3) is 0.857. The van der Waals surface area contributed by atoms with Crippen molar-refractivity contribution < 1.29 is 4.74 Å². The van der Waals surface area contributed by atoms with E-state index in [-0.39, 0.29) is 0 Å². The van der Waals surface area contributed by atoms with E-state index in [4.69, 9.17) is 17.0 Å². The molecule has 0 amide bonds. The van der Waals surface area contributed by atoms with Crippen LogP contribution in [0.2, 0.25) is 0 Å². The second-order valence-electron chi connectivity index (χ2n) is 2.13. The Morgan fingerprint density at radius 2 is 2.18 bits per heavy atom. The second kappa shape index (κ2) is 7.75. The maximum Gasteiger partial charge on any atom is 0.166 e. The van der Waals surface area contributed by atoms with Crippen molar-refractivity contribution in [3.8, 4) is 0 Å². The topological polar surface area (TPSA) is 33.3 Å². The van der Waals surface area contributed by atoms with Crippen molar-refractivity contribution in [1.82, 2.24) is 10.6 Å². The first kappa shape index (κ1) is 10.7. The molecule has 66 valence electrons. The average molecular weight is 176 g/mol. The van der Waals surface area contributed by atoms with Crippen molar-refractivity contribution in [2.24, 2.45) is 0 Å². The van der Waals surface area contributed by atoms with Crippen LogP contribution in [0.5, 0.6) is 0 Å². The summed E-state index contributed by atoms with van der Waals surface area (Å²) in [6.07, 6.45) is 0.988. The number of thiocarbonyl (C=S) groups is 1. The number of rotatable bonds is 5. The summed E-state index contributed by atoms with van der Waals surface area (Å²) in [5.74, 6) is 0. The van der Waals surface area contributed by atoms with Gasteiger partial charge in [-0.05, 0) is 25.6 Å². The molecular formula is C7H16N2OS. The zero-order chi connectivity index (χ0) is 8.53. The van der Waals surface area contributed by atoms with Crippen LogP contribution in [-0.2, 0) is 4.74 Å². The highest BCUT2D eigenvalue weighted by Crippen LogP contribution is 1.76. The first-order valence-corrected chi connectivity index (χ1v) is 4.22. The molecule has 3 nitrogen and oxygen atoms in total. The van der Waals surface area contributed by atoms with E-state index < -0.39 is 0 Å². The van der Waals surface area contributed by atoms with Gasteiger partial charge < -0.3 is 15.4 Å². The molecule has 0 aromatic rings. The van der Waals surface area contributed by atoms with Gasteiger partial charge in [-0.3, -0.25) is 0 Å². The van der Waals surface area contributed by atoms with Crippen LogP contribution in [0.1, 0.15) is 13.3 Å². The third kappa shape index (κ3) is 7.55. The number of ether oxygens (including phenoxy) is 1. The molecule has 0 saturated carbocycles. The van der Waals surface area contributed by atoms with Crippen LogP contribution in [-0.4, -0.2) is 31.9 Å². The lowest BCUT2D eigenvalue weighted by atomic mass is 10.4. The van der Waals surface area contributed by atoms with Crippen molar-refractivity contribution in [1.29, 1.82) is 0 Å². The van der Waals surface area contributed by atoms with Gasteiger partial charge in [0.25, 0.3) is 0 Å². The van der Waals surface area contributed by atoms with Gasteiger partial charge in [-0.15, -0.1) is 0 Å². The third-order valence-electron chi connectivity index (χ3n) is 1.15. The van der Waals surface area contributed by atoms with Gasteiger partial charge in [-0.25, -0.2) is 0 Å². The minimum Gasteiger partial charge on any atom is -0.385 e. The van der Waals surface area contributed by atoms with Crippen LogP contribution in [0, 0.1) is 0 Å². The molecule has 0 spiro atoms. The second-order valence-corrected chi connectivity index (χ2v) is 2.54. The van der Waals surface area contributed by atoms with E-state index in [0.29, 0.717) is 0 Å². The van der Waals surface area contributed by atoms with Crippen LogP contribution >= 0.6 is 12.2 Å². The monoisotopic (exact) mass is 176 g/mol. The van der Waals surface area contributed by atoms with Crippen molar-refractivity contribution in [3.05, 3.63) is 0 Å².